The zero-order valence-corrected chi connectivity index (χ0v) is 9.96. The summed E-state index contributed by atoms with van der Waals surface area (Å²) < 4.78 is 2.11. The summed E-state index contributed by atoms with van der Waals surface area (Å²) in [6.07, 6.45) is 4.45. The van der Waals surface area contributed by atoms with Gasteiger partial charge in [-0.3, -0.25) is 0 Å². The Kier molecular flexibility index (Phi) is 2.37. The molecule has 1 saturated heterocycles. The third kappa shape index (κ3) is 1.51. The van der Waals surface area contributed by atoms with Gasteiger partial charge >= 0.3 is 0 Å². The molecule has 1 fully saturated rings. The summed E-state index contributed by atoms with van der Waals surface area (Å²) in [5.74, 6) is 1.04. The fraction of sp³-hybridized carbons (Fsp3) is 0.417. The average molecular weight is 236 g/mol. The third-order valence-corrected chi connectivity index (χ3v) is 3.42. The molecule has 0 amide bonds. The standard InChI is InChI=1S/C12H14ClN3/c1-8-4-5-10-11(13)15-12(16(10)7-8)9-3-2-6-14-9/h4-5,7,9,14H,2-3,6H2,1H3. The number of halogens is 1. The van der Waals surface area contributed by atoms with Gasteiger partial charge in [0, 0.05) is 6.20 Å². The van der Waals surface area contributed by atoms with Crippen LogP contribution in [0.2, 0.25) is 5.15 Å². The minimum absolute atomic E-state index is 0.349. The lowest BCUT2D eigenvalue weighted by Gasteiger charge is -2.09. The van der Waals surface area contributed by atoms with Crippen molar-refractivity contribution in [1.82, 2.24) is 14.7 Å². The van der Waals surface area contributed by atoms with E-state index in [1.54, 1.807) is 0 Å². The van der Waals surface area contributed by atoms with E-state index in [1.165, 1.54) is 12.0 Å². The predicted molar refractivity (Wildman–Crippen MR) is 64.9 cm³/mol. The number of aryl methyl sites for hydroxylation is 1. The molecule has 3 nitrogen and oxygen atoms in total. The van der Waals surface area contributed by atoms with Gasteiger partial charge in [-0.2, -0.15) is 0 Å². The van der Waals surface area contributed by atoms with Crippen molar-refractivity contribution in [2.75, 3.05) is 6.54 Å². The van der Waals surface area contributed by atoms with Gasteiger partial charge in [-0.05, 0) is 37.9 Å². The Bertz CT molecular complexity index is 526. The zero-order valence-electron chi connectivity index (χ0n) is 9.20. The van der Waals surface area contributed by atoms with E-state index in [0.717, 1.165) is 24.3 Å². The van der Waals surface area contributed by atoms with Crippen molar-refractivity contribution >= 4 is 17.1 Å². The first kappa shape index (κ1) is 10.1. The van der Waals surface area contributed by atoms with E-state index in [4.69, 9.17) is 11.6 Å². The summed E-state index contributed by atoms with van der Waals surface area (Å²) in [7, 11) is 0. The van der Waals surface area contributed by atoms with Gasteiger partial charge in [0.05, 0.1) is 11.6 Å². The largest absolute Gasteiger partial charge is 0.307 e. The molecule has 2 aromatic rings. The third-order valence-electron chi connectivity index (χ3n) is 3.14. The van der Waals surface area contributed by atoms with Crippen LogP contribution in [0.5, 0.6) is 0 Å². The Morgan fingerprint density at radius 1 is 1.50 bits per heavy atom. The van der Waals surface area contributed by atoms with Gasteiger partial charge in [0.15, 0.2) is 5.15 Å². The molecule has 1 atom stereocenters. The maximum absolute atomic E-state index is 6.15. The molecule has 3 heterocycles. The quantitative estimate of drug-likeness (QED) is 0.824. The smallest absolute Gasteiger partial charge is 0.155 e. The topological polar surface area (TPSA) is 29.3 Å². The van der Waals surface area contributed by atoms with Crippen LogP contribution in [0.15, 0.2) is 18.3 Å². The van der Waals surface area contributed by atoms with Crippen LogP contribution in [0, 0.1) is 6.92 Å². The van der Waals surface area contributed by atoms with E-state index in [0.29, 0.717) is 11.2 Å². The SMILES string of the molecule is Cc1ccc2c(Cl)nc(C3CCCN3)n2c1. The molecule has 1 unspecified atom stereocenters. The zero-order chi connectivity index (χ0) is 11.1. The molecular formula is C12H14ClN3. The predicted octanol–water partition coefficient (Wildman–Crippen LogP) is 2.72. The summed E-state index contributed by atoms with van der Waals surface area (Å²) in [6.45, 7) is 3.15. The van der Waals surface area contributed by atoms with Gasteiger partial charge in [0.1, 0.15) is 5.82 Å². The summed E-state index contributed by atoms with van der Waals surface area (Å²) in [6, 6.07) is 4.44. The van der Waals surface area contributed by atoms with Crippen molar-refractivity contribution in [3.63, 3.8) is 0 Å². The molecule has 2 aromatic heterocycles. The molecule has 1 N–H and O–H groups in total. The van der Waals surface area contributed by atoms with Crippen molar-refractivity contribution in [3.8, 4) is 0 Å². The molecule has 84 valence electrons. The number of aromatic nitrogens is 2. The minimum Gasteiger partial charge on any atom is -0.307 e. The Hall–Kier alpha value is -1.06. The molecule has 1 aliphatic heterocycles. The van der Waals surface area contributed by atoms with Gasteiger partial charge in [-0.25, -0.2) is 4.98 Å². The highest BCUT2D eigenvalue weighted by Gasteiger charge is 2.22. The van der Waals surface area contributed by atoms with Crippen molar-refractivity contribution < 1.29 is 0 Å². The Labute approximate surface area is 99.4 Å². The van der Waals surface area contributed by atoms with E-state index in [2.05, 4.69) is 33.9 Å². The summed E-state index contributed by atoms with van der Waals surface area (Å²) in [5, 5.41) is 4.06. The van der Waals surface area contributed by atoms with Crippen molar-refractivity contribution in [1.29, 1.82) is 0 Å². The molecule has 4 heteroatoms. The number of nitrogens with one attached hydrogen (secondary N) is 1. The highest BCUT2D eigenvalue weighted by molar-refractivity contribution is 6.32. The van der Waals surface area contributed by atoms with Gasteiger partial charge in [0.2, 0.25) is 0 Å². The van der Waals surface area contributed by atoms with Crippen LogP contribution in [-0.2, 0) is 0 Å². The number of rotatable bonds is 1. The Morgan fingerprint density at radius 3 is 3.12 bits per heavy atom. The second kappa shape index (κ2) is 3.75. The lowest BCUT2D eigenvalue weighted by Crippen LogP contribution is -2.15. The number of pyridine rings is 1. The fourth-order valence-corrected chi connectivity index (χ4v) is 2.57. The maximum Gasteiger partial charge on any atom is 0.155 e. The van der Waals surface area contributed by atoms with Crippen LogP contribution in [0.1, 0.15) is 30.3 Å². The average Bonchev–Trinajstić information content (AvgIpc) is 2.86. The van der Waals surface area contributed by atoms with Gasteiger partial charge < -0.3 is 9.72 Å². The second-order valence-corrected chi connectivity index (χ2v) is 4.73. The van der Waals surface area contributed by atoms with Gasteiger partial charge in [0.25, 0.3) is 0 Å². The molecule has 0 aromatic carbocycles. The van der Waals surface area contributed by atoms with E-state index in [-0.39, 0.29) is 0 Å². The van der Waals surface area contributed by atoms with Crippen LogP contribution in [0.4, 0.5) is 0 Å². The first-order chi connectivity index (χ1) is 7.75. The van der Waals surface area contributed by atoms with Crippen LogP contribution >= 0.6 is 11.6 Å². The maximum atomic E-state index is 6.15. The molecule has 0 radical (unpaired) electrons. The number of hydrogen-bond acceptors (Lipinski definition) is 2. The molecular weight excluding hydrogens is 222 g/mol. The minimum atomic E-state index is 0.349. The van der Waals surface area contributed by atoms with E-state index >= 15 is 0 Å². The first-order valence-corrected chi connectivity index (χ1v) is 6.01. The second-order valence-electron chi connectivity index (χ2n) is 4.37. The summed E-state index contributed by atoms with van der Waals surface area (Å²) in [4.78, 5) is 4.48. The summed E-state index contributed by atoms with van der Waals surface area (Å²) >= 11 is 6.15. The normalized spacial score (nSPS) is 20.8. The first-order valence-electron chi connectivity index (χ1n) is 5.63. The molecule has 0 spiro atoms. The molecule has 16 heavy (non-hydrogen) atoms. The lowest BCUT2D eigenvalue weighted by molar-refractivity contribution is 0.602. The van der Waals surface area contributed by atoms with Crippen LogP contribution in [-0.4, -0.2) is 15.9 Å². The molecule has 1 aliphatic rings. The fourth-order valence-electron chi connectivity index (χ4n) is 2.33. The van der Waals surface area contributed by atoms with E-state index in [1.807, 2.05) is 6.07 Å². The number of hydrogen-bond donors (Lipinski definition) is 1. The van der Waals surface area contributed by atoms with Crippen LogP contribution in [0.3, 0.4) is 0 Å². The highest BCUT2D eigenvalue weighted by atomic mass is 35.5. The highest BCUT2D eigenvalue weighted by Crippen LogP contribution is 2.27. The van der Waals surface area contributed by atoms with Crippen LogP contribution in [0.25, 0.3) is 5.52 Å². The van der Waals surface area contributed by atoms with Gasteiger partial charge in [-0.1, -0.05) is 17.7 Å². The molecule has 0 saturated carbocycles. The van der Waals surface area contributed by atoms with Crippen molar-refractivity contribution in [2.24, 2.45) is 0 Å². The van der Waals surface area contributed by atoms with Crippen molar-refractivity contribution in [3.05, 3.63) is 34.9 Å². The monoisotopic (exact) mass is 235 g/mol. The Morgan fingerprint density at radius 2 is 2.38 bits per heavy atom. The Balaban J connectivity index is 2.19. The van der Waals surface area contributed by atoms with E-state index < -0.39 is 0 Å². The molecule has 3 rings (SSSR count). The van der Waals surface area contributed by atoms with Crippen molar-refractivity contribution in [2.45, 2.75) is 25.8 Å². The number of fused-ring (bicyclic) bond motifs is 1. The van der Waals surface area contributed by atoms with Crippen LogP contribution < -0.4 is 5.32 Å². The lowest BCUT2D eigenvalue weighted by atomic mass is 10.2. The summed E-state index contributed by atoms with van der Waals surface area (Å²) in [5.41, 5.74) is 2.22. The van der Waals surface area contributed by atoms with E-state index in [9.17, 15) is 0 Å². The number of imidazole rings is 1. The number of nitrogens with zero attached hydrogens (tertiary/aromatic N) is 2. The molecule has 0 aliphatic carbocycles. The molecule has 0 bridgehead atoms. The van der Waals surface area contributed by atoms with Gasteiger partial charge in [-0.15, -0.1) is 0 Å².